The number of hydrogen-bond acceptors (Lipinski definition) is 6. The molecule has 4 rings (SSSR count). The second-order valence-electron chi connectivity index (χ2n) is 7.03. The topological polar surface area (TPSA) is 95.3 Å². The first-order chi connectivity index (χ1) is 14.2. The molecule has 152 valence electrons. The molecule has 0 saturated carbocycles. The molecular weight excluding hydrogens is 370 g/mol. The summed E-state index contributed by atoms with van der Waals surface area (Å²) in [5.74, 6) is 1.79. The second-order valence-corrected chi connectivity index (χ2v) is 7.03. The van der Waals surface area contributed by atoms with Gasteiger partial charge in [0.1, 0.15) is 5.82 Å². The molecule has 0 bridgehead atoms. The maximum Gasteiger partial charge on any atom is 0.251 e. The molecule has 0 radical (unpaired) electrons. The van der Waals surface area contributed by atoms with Crippen molar-refractivity contribution < 1.29 is 9.47 Å². The first kappa shape index (κ1) is 19.1. The van der Waals surface area contributed by atoms with Gasteiger partial charge in [0, 0.05) is 24.4 Å². The lowest BCUT2D eigenvalue weighted by Crippen LogP contribution is -2.21. The van der Waals surface area contributed by atoms with Gasteiger partial charge in [0.25, 0.3) is 5.56 Å². The van der Waals surface area contributed by atoms with Crippen molar-refractivity contribution in [1.82, 2.24) is 20.1 Å². The Bertz CT molecular complexity index is 1040. The van der Waals surface area contributed by atoms with Crippen LogP contribution in [0.25, 0.3) is 10.9 Å². The molecule has 8 heteroatoms. The highest BCUT2D eigenvalue weighted by Gasteiger charge is 2.12. The highest BCUT2D eigenvalue weighted by atomic mass is 16.5. The van der Waals surface area contributed by atoms with Crippen molar-refractivity contribution in [2.24, 2.45) is 0 Å². The van der Waals surface area contributed by atoms with Gasteiger partial charge in [-0.2, -0.15) is 5.10 Å². The molecule has 1 aliphatic heterocycles. The lowest BCUT2D eigenvalue weighted by Gasteiger charge is -2.16. The molecule has 0 amide bonds. The highest BCUT2D eigenvalue weighted by Crippen LogP contribution is 2.32. The van der Waals surface area contributed by atoms with E-state index in [1.807, 2.05) is 18.2 Å². The standard InChI is InChI=1S/C21H25N5O3/c1-2-28-18-7-6-15(12-19(18)29-11-5-10-26-8-3-4-9-26)23-21-16-14-22-25-17(16)13-20(27)24-21/h2,6-7,12-14H,1,3-5,8-11H2,(H,22,25)(H2,23,24,27). The molecule has 0 atom stereocenters. The number of likely N-dealkylation sites (tertiary alicyclic amines) is 1. The monoisotopic (exact) mass is 395 g/mol. The third-order valence-corrected chi connectivity index (χ3v) is 4.96. The lowest BCUT2D eigenvalue weighted by atomic mass is 10.2. The Kier molecular flexibility index (Phi) is 5.81. The maximum atomic E-state index is 11.9. The molecule has 1 aliphatic rings. The molecule has 8 nitrogen and oxygen atoms in total. The fourth-order valence-corrected chi connectivity index (χ4v) is 3.57. The van der Waals surface area contributed by atoms with Gasteiger partial charge in [0.05, 0.1) is 30.0 Å². The summed E-state index contributed by atoms with van der Waals surface area (Å²) in [5, 5.41) is 10.8. The second kappa shape index (κ2) is 8.83. The van der Waals surface area contributed by atoms with E-state index in [1.54, 1.807) is 6.20 Å². The minimum Gasteiger partial charge on any atom is -0.490 e. The number of hydrogen-bond donors (Lipinski definition) is 3. The number of anilines is 2. The number of nitrogens with one attached hydrogen (secondary N) is 3. The highest BCUT2D eigenvalue weighted by molar-refractivity contribution is 5.90. The number of aromatic nitrogens is 3. The number of rotatable bonds is 9. The van der Waals surface area contributed by atoms with Crippen molar-refractivity contribution in [2.45, 2.75) is 19.3 Å². The number of fused-ring (bicyclic) bond motifs is 1. The van der Waals surface area contributed by atoms with Gasteiger partial charge in [-0.25, -0.2) is 0 Å². The summed E-state index contributed by atoms with van der Waals surface area (Å²) in [4.78, 5) is 17.1. The third kappa shape index (κ3) is 4.60. The van der Waals surface area contributed by atoms with Crippen molar-refractivity contribution in [3.63, 3.8) is 0 Å². The van der Waals surface area contributed by atoms with Crippen LogP contribution in [0, 0.1) is 0 Å². The van der Waals surface area contributed by atoms with Gasteiger partial charge in [0.15, 0.2) is 11.5 Å². The number of benzene rings is 1. The first-order valence-electron chi connectivity index (χ1n) is 9.83. The minimum absolute atomic E-state index is 0.214. The number of pyridine rings is 1. The Balaban J connectivity index is 1.48. The van der Waals surface area contributed by atoms with Gasteiger partial charge in [-0.3, -0.25) is 9.89 Å². The van der Waals surface area contributed by atoms with Crippen LogP contribution in [0.3, 0.4) is 0 Å². The van der Waals surface area contributed by atoms with Gasteiger partial charge in [0.2, 0.25) is 0 Å². The van der Waals surface area contributed by atoms with Crippen LogP contribution in [0.2, 0.25) is 0 Å². The van der Waals surface area contributed by atoms with E-state index < -0.39 is 0 Å². The zero-order valence-corrected chi connectivity index (χ0v) is 16.2. The zero-order valence-electron chi connectivity index (χ0n) is 16.2. The summed E-state index contributed by atoms with van der Waals surface area (Å²) in [6, 6.07) is 7.00. The first-order valence-corrected chi connectivity index (χ1v) is 9.83. The summed E-state index contributed by atoms with van der Waals surface area (Å²) in [5.41, 5.74) is 1.22. The normalized spacial score (nSPS) is 14.2. The Morgan fingerprint density at radius 1 is 1.24 bits per heavy atom. The molecule has 3 heterocycles. The van der Waals surface area contributed by atoms with Crippen LogP contribution in [0.15, 0.2) is 48.1 Å². The van der Waals surface area contributed by atoms with Crippen LogP contribution in [0.1, 0.15) is 19.3 Å². The zero-order chi connectivity index (χ0) is 20.1. The fraction of sp³-hybridized carbons (Fsp3) is 0.333. The molecule has 1 fully saturated rings. The smallest absolute Gasteiger partial charge is 0.251 e. The summed E-state index contributed by atoms with van der Waals surface area (Å²) in [6.07, 6.45) is 6.57. The van der Waals surface area contributed by atoms with E-state index in [4.69, 9.17) is 9.47 Å². The van der Waals surface area contributed by atoms with Gasteiger partial charge in [-0.05, 0) is 44.5 Å². The number of ether oxygens (including phenoxy) is 2. The van der Waals surface area contributed by atoms with E-state index in [1.165, 1.54) is 38.3 Å². The minimum atomic E-state index is -0.214. The Morgan fingerprint density at radius 3 is 2.93 bits per heavy atom. The van der Waals surface area contributed by atoms with E-state index in [-0.39, 0.29) is 5.56 Å². The predicted octanol–water partition coefficient (Wildman–Crippen LogP) is 3.38. The summed E-state index contributed by atoms with van der Waals surface area (Å²) >= 11 is 0. The van der Waals surface area contributed by atoms with Crippen molar-refractivity contribution in [3.8, 4) is 11.5 Å². The average molecular weight is 395 g/mol. The largest absolute Gasteiger partial charge is 0.490 e. The van der Waals surface area contributed by atoms with Crippen LogP contribution in [0.5, 0.6) is 11.5 Å². The van der Waals surface area contributed by atoms with Crippen LogP contribution < -0.4 is 20.3 Å². The van der Waals surface area contributed by atoms with E-state index in [0.29, 0.717) is 29.4 Å². The summed E-state index contributed by atoms with van der Waals surface area (Å²) < 4.78 is 11.5. The Hall–Kier alpha value is -3.26. The van der Waals surface area contributed by atoms with Crippen LogP contribution in [0.4, 0.5) is 11.5 Å². The van der Waals surface area contributed by atoms with Gasteiger partial charge in [-0.1, -0.05) is 6.58 Å². The fourth-order valence-electron chi connectivity index (χ4n) is 3.57. The maximum absolute atomic E-state index is 11.9. The molecular formula is C21H25N5O3. The Labute approximate surface area is 168 Å². The molecule has 1 aromatic carbocycles. The molecule has 29 heavy (non-hydrogen) atoms. The number of aromatic amines is 2. The van der Waals surface area contributed by atoms with E-state index in [9.17, 15) is 4.79 Å². The van der Waals surface area contributed by atoms with Gasteiger partial charge < -0.3 is 24.7 Å². The van der Waals surface area contributed by atoms with Crippen molar-refractivity contribution in [3.05, 3.63) is 53.7 Å². The average Bonchev–Trinajstić information content (AvgIpc) is 3.39. The van der Waals surface area contributed by atoms with Gasteiger partial charge >= 0.3 is 0 Å². The molecule has 0 spiro atoms. The molecule has 2 aromatic heterocycles. The van der Waals surface area contributed by atoms with E-state index in [0.717, 1.165) is 24.0 Å². The van der Waals surface area contributed by atoms with Crippen molar-refractivity contribution >= 4 is 22.4 Å². The lowest BCUT2D eigenvalue weighted by molar-refractivity contribution is 0.257. The molecule has 0 aliphatic carbocycles. The Morgan fingerprint density at radius 2 is 2.10 bits per heavy atom. The van der Waals surface area contributed by atoms with Crippen molar-refractivity contribution in [1.29, 1.82) is 0 Å². The third-order valence-electron chi connectivity index (χ3n) is 4.96. The molecule has 3 aromatic rings. The van der Waals surface area contributed by atoms with Crippen LogP contribution in [-0.4, -0.2) is 46.3 Å². The number of H-pyrrole nitrogens is 2. The van der Waals surface area contributed by atoms with E-state index >= 15 is 0 Å². The molecule has 0 unspecified atom stereocenters. The van der Waals surface area contributed by atoms with Crippen LogP contribution in [-0.2, 0) is 0 Å². The molecule has 3 N–H and O–H groups in total. The SMILES string of the molecule is C=COc1ccc(Nc2[nH]c(=O)cc3[nH]ncc23)cc1OCCCN1CCCC1. The van der Waals surface area contributed by atoms with Crippen LogP contribution >= 0.6 is 0 Å². The molecule has 1 saturated heterocycles. The quantitative estimate of drug-likeness (QED) is 0.380. The summed E-state index contributed by atoms with van der Waals surface area (Å²) in [6.45, 7) is 7.63. The van der Waals surface area contributed by atoms with E-state index in [2.05, 4.69) is 32.0 Å². The van der Waals surface area contributed by atoms with Crippen molar-refractivity contribution in [2.75, 3.05) is 31.6 Å². The van der Waals surface area contributed by atoms with Gasteiger partial charge in [-0.15, -0.1) is 0 Å². The number of nitrogens with zero attached hydrogens (tertiary/aromatic N) is 2. The summed E-state index contributed by atoms with van der Waals surface area (Å²) in [7, 11) is 0. The predicted molar refractivity (Wildman–Crippen MR) is 113 cm³/mol.